The summed E-state index contributed by atoms with van der Waals surface area (Å²) in [5.41, 5.74) is 1.01. The number of nitrogens with one attached hydrogen (secondary N) is 1. The third-order valence-electron chi connectivity index (χ3n) is 5.04. The van der Waals surface area contributed by atoms with Crippen molar-refractivity contribution in [2.45, 2.75) is 31.1 Å². The molecule has 0 radical (unpaired) electrons. The van der Waals surface area contributed by atoms with Crippen LogP contribution in [-0.4, -0.2) is 26.7 Å². The first-order chi connectivity index (χ1) is 12.7. The molecule has 0 bridgehead atoms. The van der Waals surface area contributed by atoms with Crippen LogP contribution in [-0.2, 0) is 10.2 Å². The van der Waals surface area contributed by atoms with Crippen LogP contribution in [0.4, 0.5) is 0 Å². The molecule has 26 heavy (non-hydrogen) atoms. The van der Waals surface area contributed by atoms with Gasteiger partial charge in [-0.2, -0.15) is 0 Å². The molecule has 0 spiro atoms. The van der Waals surface area contributed by atoms with Gasteiger partial charge in [-0.1, -0.05) is 25.0 Å². The van der Waals surface area contributed by atoms with Crippen LogP contribution in [0, 0.1) is 0 Å². The number of rotatable bonds is 7. The molecule has 0 aliphatic heterocycles. The summed E-state index contributed by atoms with van der Waals surface area (Å²) in [7, 11) is 3.21. The Morgan fingerprint density at radius 1 is 1.19 bits per heavy atom. The fourth-order valence-corrected chi connectivity index (χ4v) is 4.57. The first-order valence-electron chi connectivity index (χ1n) is 8.89. The SMILES string of the molecule is COc1ccc(/C=C/C(=O)NCC2(c3cccs3)CCCC2)cc1OC. The van der Waals surface area contributed by atoms with Gasteiger partial charge in [0.15, 0.2) is 11.5 Å². The lowest BCUT2D eigenvalue weighted by molar-refractivity contribution is -0.116. The first kappa shape index (κ1) is 18.5. The van der Waals surface area contributed by atoms with Gasteiger partial charge in [-0.15, -0.1) is 11.3 Å². The molecule has 1 aromatic heterocycles. The van der Waals surface area contributed by atoms with Crippen molar-refractivity contribution >= 4 is 23.3 Å². The van der Waals surface area contributed by atoms with Gasteiger partial charge in [0.05, 0.1) is 14.2 Å². The summed E-state index contributed by atoms with van der Waals surface area (Å²) in [6.45, 7) is 0.697. The minimum atomic E-state index is -0.0670. The monoisotopic (exact) mass is 371 g/mol. The third kappa shape index (κ3) is 4.10. The summed E-state index contributed by atoms with van der Waals surface area (Å²) < 4.78 is 10.5. The molecule has 1 fully saturated rings. The van der Waals surface area contributed by atoms with Crippen molar-refractivity contribution < 1.29 is 14.3 Å². The second-order valence-corrected chi connectivity index (χ2v) is 7.58. The van der Waals surface area contributed by atoms with Crippen molar-refractivity contribution in [3.63, 3.8) is 0 Å². The van der Waals surface area contributed by atoms with E-state index < -0.39 is 0 Å². The van der Waals surface area contributed by atoms with E-state index >= 15 is 0 Å². The number of hydrogen-bond acceptors (Lipinski definition) is 4. The lowest BCUT2D eigenvalue weighted by Crippen LogP contribution is -2.37. The van der Waals surface area contributed by atoms with Crippen molar-refractivity contribution in [2.75, 3.05) is 20.8 Å². The summed E-state index contributed by atoms with van der Waals surface area (Å²) in [5, 5.41) is 5.22. The van der Waals surface area contributed by atoms with Gasteiger partial charge in [0.2, 0.25) is 5.91 Å². The predicted molar refractivity (Wildman–Crippen MR) is 106 cm³/mol. The summed E-state index contributed by atoms with van der Waals surface area (Å²) in [6, 6.07) is 9.88. The van der Waals surface area contributed by atoms with Crippen LogP contribution in [0.25, 0.3) is 6.08 Å². The highest BCUT2D eigenvalue weighted by molar-refractivity contribution is 7.10. The molecule has 1 saturated carbocycles. The van der Waals surface area contributed by atoms with Gasteiger partial charge in [0.25, 0.3) is 0 Å². The molecule has 1 aromatic carbocycles. The van der Waals surface area contributed by atoms with Gasteiger partial charge in [0.1, 0.15) is 0 Å². The number of carbonyl (C=O) groups is 1. The topological polar surface area (TPSA) is 47.6 Å². The minimum Gasteiger partial charge on any atom is -0.493 e. The number of hydrogen-bond donors (Lipinski definition) is 1. The molecule has 1 aliphatic rings. The third-order valence-corrected chi connectivity index (χ3v) is 6.16. The molecule has 1 N–H and O–H groups in total. The van der Waals surface area contributed by atoms with Crippen molar-refractivity contribution in [2.24, 2.45) is 0 Å². The maximum Gasteiger partial charge on any atom is 0.244 e. The molecular formula is C21H25NO3S. The second-order valence-electron chi connectivity index (χ2n) is 6.63. The van der Waals surface area contributed by atoms with Crippen LogP contribution >= 0.6 is 11.3 Å². The quantitative estimate of drug-likeness (QED) is 0.734. The Balaban J connectivity index is 1.63. The molecule has 0 saturated heterocycles. The van der Waals surface area contributed by atoms with Crippen LogP contribution in [0.3, 0.4) is 0 Å². The average molecular weight is 372 g/mol. The maximum atomic E-state index is 12.3. The Kier molecular flexibility index (Phi) is 5.99. The van der Waals surface area contributed by atoms with Crippen LogP contribution in [0.2, 0.25) is 0 Å². The largest absolute Gasteiger partial charge is 0.493 e. The van der Waals surface area contributed by atoms with Crippen molar-refractivity contribution in [1.82, 2.24) is 5.32 Å². The first-order valence-corrected chi connectivity index (χ1v) is 9.77. The Labute approximate surface area is 158 Å². The van der Waals surface area contributed by atoms with E-state index in [0.717, 1.165) is 18.4 Å². The fraction of sp³-hybridized carbons (Fsp3) is 0.381. The minimum absolute atomic E-state index is 0.0670. The van der Waals surface area contributed by atoms with Gasteiger partial charge < -0.3 is 14.8 Å². The summed E-state index contributed by atoms with van der Waals surface area (Å²) >= 11 is 1.79. The normalized spacial score (nSPS) is 15.9. The highest BCUT2D eigenvalue weighted by atomic mass is 32.1. The van der Waals surface area contributed by atoms with Gasteiger partial charge >= 0.3 is 0 Å². The number of thiophene rings is 1. The van der Waals surface area contributed by atoms with E-state index in [2.05, 4.69) is 22.8 Å². The lowest BCUT2D eigenvalue weighted by Gasteiger charge is -2.28. The number of methoxy groups -OCH3 is 2. The Bertz CT molecular complexity index is 762. The van der Waals surface area contributed by atoms with Crippen molar-refractivity contribution in [3.8, 4) is 11.5 Å². The Hall–Kier alpha value is -2.27. The molecule has 0 atom stereocenters. The lowest BCUT2D eigenvalue weighted by atomic mass is 9.84. The zero-order valence-electron chi connectivity index (χ0n) is 15.3. The smallest absolute Gasteiger partial charge is 0.244 e. The molecule has 1 aliphatic carbocycles. The van der Waals surface area contributed by atoms with E-state index in [0.29, 0.717) is 18.0 Å². The zero-order chi connectivity index (χ0) is 18.4. The van der Waals surface area contributed by atoms with E-state index in [1.165, 1.54) is 17.7 Å². The summed E-state index contributed by atoms with van der Waals surface area (Å²) in [4.78, 5) is 13.7. The zero-order valence-corrected chi connectivity index (χ0v) is 16.1. The highest BCUT2D eigenvalue weighted by Crippen LogP contribution is 2.42. The molecule has 5 heteroatoms. The number of carbonyl (C=O) groups excluding carboxylic acids is 1. The second kappa shape index (κ2) is 8.41. The maximum absolute atomic E-state index is 12.3. The number of ether oxygens (including phenoxy) is 2. The van der Waals surface area contributed by atoms with Gasteiger partial charge in [0, 0.05) is 22.9 Å². The van der Waals surface area contributed by atoms with Crippen LogP contribution in [0.5, 0.6) is 11.5 Å². The standard InChI is InChI=1S/C21H25NO3S/c1-24-17-9-7-16(14-18(17)25-2)8-10-20(23)22-15-21(11-3-4-12-21)19-6-5-13-26-19/h5-10,13-14H,3-4,11-12,15H2,1-2H3,(H,22,23)/b10-8+. The fourth-order valence-electron chi connectivity index (χ4n) is 3.59. The van der Waals surface area contributed by atoms with Crippen molar-refractivity contribution in [3.05, 3.63) is 52.2 Å². The Morgan fingerprint density at radius 3 is 2.62 bits per heavy atom. The van der Waals surface area contributed by atoms with Gasteiger partial charge in [-0.3, -0.25) is 4.79 Å². The number of benzene rings is 1. The molecule has 1 heterocycles. The van der Waals surface area contributed by atoms with E-state index in [1.807, 2.05) is 18.2 Å². The summed E-state index contributed by atoms with van der Waals surface area (Å²) in [5.74, 6) is 1.26. The van der Waals surface area contributed by atoms with Crippen LogP contribution in [0.1, 0.15) is 36.1 Å². The van der Waals surface area contributed by atoms with Gasteiger partial charge in [-0.25, -0.2) is 0 Å². The number of amides is 1. The predicted octanol–water partition coefficient (Wildman–Crippen LogP) is 4.41. The molecule has 1 amide bonds. The van der Waals surface area contributed by atoms with E-state index in [9.17, 15) is 4.79 Å². The molecule has 138 valence electrons. The van der Waals surface area contributed by atoms with Crippen LogP contribution < -0.4 is 14.8 Å². The highest BCUT2D eigenvalue weighted by Gasteiger charge is 2.36. The van der Waals surface area contributed by atoms with E-state index in [1.54, 1.807) is 37.7 Å². The molecule has 4 nitrogen and oxygen atoms in total. The Morgan fingerprint density at radius 2 is 1.96 bits per heavy atom. The van der Waals surface area contributed by atoms with Crippen molar-refractivity contribution in [1.29, 1.82) is 0 Å². The van der Waals surface area contributed by atoms with E-state index in [-0.39, 0.29) is 11.3 Å². The molecule has 3 rings (SSSR count). The summed E-state index contributed by atoms with van der Waals surface area (Å²) in [6.07, 6.45) is 8.13. The molecular weight excluding hydrogens is 346 g/mol. The average Bonchev–Trinajstić information content (AvgIpc) is 3.36. The van der Waals surface area contributed by atoms with Gasteiger partial charge in [-0.05, 0) is 48.1 Å². The van der Waals surface area contributed by atoms with Crippen LogP contribution in [0.15, 0.2) is 41.8 Å². The van der Waals surface area contributed by atoms with E-state index in [4.69, 9.17) is 9.47 Å². The molecule has 0 unspecified atom stereocenters. The molecule has 2 aromatic rings.